The number of hydrogen-bond acceptors (Lipinski definition) is 5. The summed E-state index contributed by atoms with van der Waals surface area (Å²) in [6, 6.07) is 0.356. The summed E-state index contributed by atoms with van der Waals surface area (Å²) >= 11 is 0. The Hall–Kier alpha value is -2.61. The summed E-state index contributed by atoms with van der Waals surface area (Å²) in [5.41, 5.74) is 0.00969. The first-order valence-corrected chi connectivity index (χ1v) is 10.3. The maximum absolute atomic E-state index is 15.7. The number of aryl methyl sites for hydroxylation is 1. The quantitative estimate of drug-likeness (QED) is 0.806. The fraction of sp³-hybridized carbons (Fsp3) is 0.545. The van der Waals surface area contributed by atoms with Crippen LogP contribution in [0, 0.1) is 18.7 Å². The first-order valence-electron chi connectivity index (χ1n) is 10.3. The fourth-order valence-electron chi connectivity index (χ4n) is 4.78. The topological polar surface area (TPSA) is 75.0 Å². The van der Waals surface area contributed by atoms with Crippen molar-refractivity contribution in [1.82, 2.24) is 9.47 Å². The molecule has 1 saturated carbocycles. The van der Waals surface area contributed by atoms with Crippen LogP contribution < -0.4 is 15.1 Å². The monoisotopic (exact) mass is 417 g/mol. The number of ether oxygens (including phenoxy) is 1. The molecule has 2 heterocycles. The van der Waals surface area contributed by atoms with Crippen molar-refractivity contribution in [2.75, 3.05) is 39.2 Å². The van der Waals surface area contributed by atoms with Gasteiger partial charge in [0.25, 0.3) is 0 Å². The third-order valence-corrected chi connectivity index (χ3v) is 6.50. The minimum Gasteiger partial charge on any atom is -0.492 e. The van der Waals surface area contributed by atoms with Crippen LogP contribution in [0.2, 0.25) is 0 Å². The molecule has 30 heavy (non-hydrogen) atoms. The molecular weight excluding hydrogens is 389 g/mol. The van der Waals surface area contributed by atoms with Gasteiger partial charge in [-0.15, -0.1) is 0 Å². The molecule has 0 unspecified atom stereocenters. The van der Waals surface area contributed by atoms with E-state index in [9.17, 15) is 14.7 Å². The van der Waals surface area contributed by atoms with Crippen LogP contribution >= 0.6 is 0 Å². The molecule has 0 radical (unpaired) electrons. The van der Waals surface area contributed by atoms with Gasteiger partial charge < -0.3 is 24.2 Å². The van der Waals surface area contributed by atoms with Gasteiger partial charge in [-0.1, -0.05) is 6.92 Å². The standard InChI is InChI=1S/C22H28FN3O4/c1-11-8-25(10-15(11)24(3)4)19-17(23)12(2)16-18(21(19)30-5)26(13-6-7-13)9-14(20(16)27)22(28)29/h9,11,13,15H,6-8,10H2,1-5H3,(H,28,29)/t11-,15+/m0/s1. The number of anilines is 1. The highest BCUT2D eigenvalue weighted by Gasteiger charge is 2.37. The molecule has 2 aliphatic rings. The number of methoxy groups -OCH3 is 1. The normalized spacial score (nSPS) is 21.6. The maximum Gasteiger partial charge on any atom is 0.341 e. The number of benzene rings is 1. The van der Waals surface area contributed by atoms with Gasteiger partial charge in [-0.2, -0.15) is 0 Å². The van der Waals surface area contributed by atoms with Crippen molar-refractivity contribution in [2.45, 2.75) is 38.8 Å². The van der Waals surface area contributed by atoms with E-state index in [1.165, 1.54) is 13.3 Å². The van der Waals surface area contributed by atoms with Gasteiger partial charge in [0.2, 0.25) is 5.43 Å². The van der Waals surface area contributed by atoms with Crippen LogP contribution in [0.15, 0.2) is 11.0 Å². The lowest BCUT2D eigenvalue weighted by Gasteiger charge is -2.27. The summed E-state index contributed by atoms with van der Waals surface area (Å²) in [6.45, 7) is 5.01. The average molecular weight is 417 g/mol. The van der Waals surface area contributed by atoms with Crippen LogP contribution in [-0.4, -0.2) is 60.9 Å². The molecule has 1 aromatic heterocycles. The molecule has 1 aliphatic heterocycles. The number of nitrogens with zero attached hydrogens (tertiary/aromatic N) is 3. The molecule has 0 spiro atoms. The summed E-state index contributed by atoms with van der Waals surface area (Å²) in [6.07, 6.45) is 3.16. The lowest BCUT2D eigenvalue weighted by atomic mass is 10.0. The van der Waals surface area contributed by atoms with Gasteiger partial charge in [0.15, 0.2) is 11.6 Å². The van der Waals surface area contributed by atoms with E-state index in [1.807, 2.05) is 19.0 Å². The summed E-state index contributed by atoms with van der Waals surface area (Å²) in [5, 5.41) is 9.62. The summed E-state index contributed by atoms with van der Waals surface area (Å²) in [5.74, 6) is -1.19. The van der Waals surface area contributed by atoms with E-state index in [0.717, 1.165) is 12.8 Å². The number of carboxylic acid groups (broad SMARTS) is 1. The van der Waals surface area contributed by atoms with Gasteiger partial charge in [0, 0.05) is 36.9 Å². The zero-order valence-electron chi connectivity index (χ0n) is 18.0. The Morgan fingerprint density at radius 2 is 1.97 bits per heavy atom. The molecule has 2 atom stereocenters. The molecule has 2 fully saturated rings. The Kier molecular flexibility index (Phi) is 5.00. The number of pyridine rings is 1. The minimum atomic E-state index is -1.30. The van der Waals surface area contributed by atoms with E-state index >= 15 is 4.39 Å². The Balaban J connectivity index is 2.04. The van der Waals surface area contributed by atoms with Crippen LogP contribution in [0.4, 0.5) is 10.1 Å². The van der Waals surface area contributed by atoms with E-state index in [1.54, 1.807) is 11.5 Å². The van der Waals surface area contributed by atoms with Crippen LogP contribution in [0.25, 0.3) is 10.9 Å². The van der Waals surface area contributed by atoms with Crippen molar-refractivity contribution in [1.29, 1.82) is 0 Å². The Bertz CT molecular complexity index is 1090. The molecule has 1 saturated heterocycles. The Morgan fingerprint density at radius 1 is 1.30 bits per heavy atom. The summed E-state index contributed by atoms with van der Waals surface area (Å²) in [7, 11) is 5.51. The van der Waals surface area contributed by atoms with Gasteiger partial charge >= 0.3 is 5.97 Å². The number of likely N-dealkylation sites (N-methyl/N-ethyl adjacent to an activating group) is 1. The number of fused-ring (bicyclic) bond motifs is 1. The highest BCUT2D eigenvalue weighted by atomic mass is 19.1. The number of aromatic nitrogens is 1. The highest BCUT2D eigenvalue weighted by Crippen LogP contribution is 2.46. The SMILES string of the molecule is COc1c(N2C[C@@H](N(C)C)[C@@H](C)C2)c(F)c(C)c2c(=O)c(C(=O)O)cn(C3CC3)c12. The summed E-state index contributed by atoms with van der Waals surface area (Å²) in [4.78, 5) is 28.8. The van der Waals surface area contributed by atoms with Gasteiger partial charge in [-0.3, -0.25) is 4.79 Å². The van der Waals surface area contributed by atoms with Gasteiger partial charge in [0.05, 0.1) is 18.0 Å². The third-order valence-electron chi connectivity index (χ3n) is 6.50. The zero-order chi connectivity index (χ0) is 21.9. The molecule has 1 aromatic carbocycles. The largest absolute Gasteiger partial charge is 0.492 e. The van der Waals surface area contributed by atoms with Crippen molar-refractivity contribution in [2.24, 2.45) is 5.92 Å². The first kappa shape index (κ1) is 20.7. The number of carbonyl (C=O) groups is 1. The van der Waals surface area contributed by atoms with Crippen LogP contribution in [0.5, 0.6) is 5.75 Å². The van der Waals surface area contributed by atoms with Crippen molar-refractivity contribution in [3.05, 3.63) is 33.4 Å². The van der Waals surface area contributed by atoms with E-state index in [-0.39, 0.29) is 28.6 Å². The predicted molar refractivity (Wildman–Crippen MR) is 114 cm³/mol. The second-order valence-electron chi connectivity index (χ2n) is 8.77. The summed E-state index contributed by atoms with van der Waals surface area (Å²) < 4.78 is 23.2. The number of rotatable bonds is 5. The lowest BCUT2D eigenvalue weighted by molar-refractivity contribution is 0.0695. The Morgan fingerprint density at radius 3 is 2.47 bits per heavy atom. The first-order chi connectivity index (χ1) is 14.2. The van der Waals surface area contributed by atoms with E-state index < -0.39 is 17.2 Å². The molecule has 7 nitrogen and oxygen atoms in total. The fourth-order valence-corrected chi connectivity index (χ4v) is 4.78. The maximum atomic E-state index is 15.7. The van der Waals surface area contributed by atoms with E-state index in [2.05, 4.69) is 11.8 Å². The van der Waals surface area contributed by atoms with Crippen LogP contribution in [-0.2, 0) is 0 Å². The molecule has 2 aromatic rings. The van der Waals surface area contributed by atoms with Gasteiger partial charge in [-0.05, 0) is 39.8 Å². The van der Waals surface area contributed by atoms with Crippen molar-refractivity contribution < 1.29 is 19.0 Å². The second kappa shape index (κ2) is 7.27. The van der Waals surface area contributed by atoms with Crippen molar-refractivity contribution in [3.63, 3.8) is 0 Å². The average Bonchev–Trinajstić information content (AvgIpc) is 3.45. The second-order valence-corrected chi connectivity index (χ2v) is 8.77. The molecule has 0 amide bonds. The smallest absolute Gasteiger partial charge is 0.341 e. The molecular formula is C22H28FN3O4. The van der Waals surface area contributed by atoms with E-state index in [0.29, 0.717) is 36.0 Å². The number of hydrogen-bond donors (Lipinski definition) is 1. The molecule has 8 heteroatoms. The Labute approximate surface area is 174 Å². The number of aromatic carboxylic acids is 1. The predicted octanol–water partition coefficient (Wildman–Crippen LogP) is 2.88. The number of carboxylic acids is 1. The van der Waals surface area contributed by atoms with Crippen molar-refractivity contribution in [3.8, 4) is 5.75 Å². The minimum absolute atomic E-state index is 0.0878. The van der Waals surface area contributed by atoms with E-state index in [4.69, 9.17) is 4.74 Å². The van der Waals surface area contributed by atoms with Gasteiger partial charge in [0.1, 0.15) is 11.3 Å². The van der Waals surface area contributed by atoms with Crippen LogP contribution in [0.3, 0.4) is 0 Å². The van der Waals surface area contributed by atoms with Crippen LogP contribution in [0.1, 0.15) is 41.7 Å². The lowest BCUT2D eigenvalue weighted by Crippen LogP contribution is -2.34. The third kappa shape index (κ3) is 3.05. The molecule has 0 bridgehead atoms. The van der Waals surface area contributed by atoms with Gasteiger partial charge in [-0.25, -0.2) is 9.18 Å². The number of halogens is 1. The highest BCUT2D eigenvalue weighted by molar-refractivity contribution is 5.99. The zero-order valence-corrected chi connectivity index (χ0v) is 18.0. The molecule has 1 aliphatic carbocycles. The molecule has 1 N–H and O–H groups in total. The molecule has 4 rings (SSSR count). The molecule has 162 valence electrons. The van der Waals surface area contributed by atoms with Crippen molar-refractivity contribution >= 4 is 22.6 Å².